The highest BCUT2D eigenvalue weighted by Gasteiger charge is 2.43. The summed E-state index contributed by atoms with van der Waals surface area (Å²) in [6.07, 6.45) is 3.94. The van der Waals surface area contributed by atoms with Crippen LogP contribution in [-0.4, -0.2) is 11.1 Å². The van der Waals surface area contributed by atoms with Crippen molar-refractivity contribution < 1.29 is 14.3 Å². The molecule has 1 aliphatic carbocycles. The van der Waals surface area contributed by atoms with E-state index in [0.717, 1.165) is 30.6 Å². The van der Waals surface area contributed by atoms with Crippen LogP contribution < -0.4 is 0 Å². The van der Waals surface area contributed by atoms with Crippen molar-refractivity contribution in [3.8, 4) is 0 Å². The van der Waals surface area contributed by atoms with Gasteiger partial charge in [-0.3, -0.25) is 4.79 Å². The molecule has 0 radical (unpaired) electrons. The Hall–Kier alpha value is -0.900. The van der Waals surface area contributed by atoms with Gasteiger partial charge in [0.15, 0.2) is 5.13 Å². The van der Waals surface area contributed by atoms with Crippen LogP contribution in [0.25, 0.3) is 0 Å². The molecule has 0 spiro atoms. The molecule has 0 aromatic carbocycles. The highest BCUT2D eigenvalue weighted by atomic mass is 32.1. The molecule has 82 valence electrons. The van der Waals surface area contributed by atoms with E-state index >= 15 is 0 Å². The van der Waals surface area contributed by atoms with Gasteiger partial charge in [0, 0.05) is 5.56 Å². The smallest absolute Gasteiger partial charge is 0.314 e. The second-order valence-electron chi connectivity index (χ2n) is 4.06. The van der Waals surface area contributed by atoms with E-state index < -0.39 is 11.4 Å². The predicted molar refractivity (Wildman–Crippen MR) is 56.7 cm³/mol. The number of carboxylic acids is 1. The summed E-state index contributed by atoms with van der Waals surface area (Å²) in [4.78, 5) is 11.4. The van der Waals surface area contributed by atoms with Gasteiger partial charge in [-0.15, -0.1) is 11.3 Å². The lowest BCUT2D eigenvalue weighted by Gasteiger charge is -2.32. The van der Waals surface area contributed by atoms with Crippen LogP contribution >= 0.6 is 11.3 Å². The fourth-order valence-corrected chi connectivity index (χ4v) is 3.11. The molecule has 1 aromatic rings. The van der Waals surface area contributed by atoms with Gasteiger partial charge in [-0.05, 0) is 24.3 Å². The fraction of sp³-hybridized carbons (Fsp3) is 0.545. The summed E-state index contributed by atoms with van der Waals surface area (Å²) >= 11 is 0.984. The molecular formula is C11H13FO2S. The lowest BCUT2D eigenvalue weighted by molar-refractivity contribution is -0.145. The minimum atomic E-state index is -0.956. The summed E-state index contributed by atoms with van der Waals surface area (Å²) in [6, 6.07) is 1.62. The van der Waals surface area contributed by atoms with Gasteiger partial charge in [-0.25, -0.2) is 0 Å². The zero-order chi connectivity index (χ0) is 10.9. The first-order valence-corrected chi connectivity index (χ1v) is 6.02. The zero-order valence-electron chi connectivity index (χ0n) is 8.33. The summed E-state index contributed by atoms with van der Waals surface area (Å²) in [5, 5.41) is 10.6. The molecule has 4 heteroatoms. The molecule has 1 aliphatic rings. The third-order valence-electron chi connectivity index (χ3n) is 3.25. The Labute approximate surface area is 91.7 Å². The first-order valence-electron chi connectivity index (χ1n) is 5.14. The molecule has 0 aliphatic heterocycles. The van der Waals surface area contributed by atoms with Crippen LogP contribution in [-0.2, 0) is 10.2 Å². The number of rotatable bonds is 2. The van der Waals surface area contributed by atoms with Crippen molar-refractivity contribution in [1.29, 1.82) is 0 Å². The van der Waals surface area contributed by atoms with Crippen LogP contribution in [0.3, 0.4) is 0 Å². The topological polar surface area (TPSA) is 37.3 Å². The SMILES string of the molecule is O=C(O)C1(c2ccsc2F)CCCCC1. The number of thiophene rings is 1. The van der Waals surface area contributed by atoms with Crippen molar-refractivity contribution in [2.24, 2.45) is 0 Å². The van der Waals surface area contributed by atoms with E-state index in [0.29, 0.717) is 18.4 Å². The van der Waals surface area contributed by atoms with Crippen LogP contribution in [0, 0.1) is 5.13 Å². The number of carboxylic acid groups (broad SMARTS) is 1. The van der Waals surface area contributed by atoms with E-state index in [1.165, 1.54) is 0 Å². The van der Waals surface area contributed by atoms with Crippen molar-refractivity contribution >= 4 is 17.3 Å². The van der Waals surface area contributed by atoms with Gasteiger partial charge in [-0.2, -0.15) is 4.39 Å². The minimum Gasteiger partial charge on any atom is -0.481 e. The summed E-state index contributed by atoms with van der Waals surface area (Å²) in [5.41, 5.74) is -0.567. The van der Waals surface area contributed by atoms with Gasteiger partial charge in [0.1, 0.15) is 0 Å². The molecule has 15 heavy (non-hydrogen) atoms. The molecule has 0 unspecified atom stereocenters. The van der Waals surface area contributed by atoms with Crippen LogP contribution in [0.2, 0.25) is 0 Å². The van der Waals surface area contributed by atoms with Gasteiger partial charge in [-0.1, -0.05) is 19.3 Å². The molecule has 0 bridgehead atoms. The maximum atomic E-state index is 13.5. The monoisotopic (exact) mass is 228 g/mol. The first-order chi connectivity index (χ1) is 7.17. The second-order valence-corrected chi connectivity index (χ2v) is 4.92. The van der Waals surface area contributed by atoms with Crippen LogP contribution in [0.15, 0.2) is 11.4 Å². The summed E-state index contributed by atoms with van der Waals surface area (Å²) < 4.78 is 13.5. The van der Waals surface area contributed by atoms with Crippen LogP contribution in [0.4, 0.5) is 4.39 Å². The van der Waals surface area contributed by atoms with E-state index in [1.54, 1.807) is 11.4 Å². The lowest BCUT2D eigenvalue weighted by atomic mass is 9.70. The van der Waals surface area contributed by atoms with Gasteiger partial charge in [0.2, 0.25) is 0 Å². The van der Waals surface area contributed by atoms with Crippen LogP contribution in [0.1, 0.15) is 37.7 Å². The van der Waals surface area contributed by atoms with Crippen LogP contribution in [0.5, 0.6) is 0 Å². The molecule has 1 heterocycles. The Bertz CT molecular complexity index is 366. The molecule has 1 fully saturated rings. The number of halogens is 1. The second kappa shape index (κ2) is 3.93. The first kappa shape index (κ1) is 10.6. The third-order valence-corrected chi connectivity index (χ3v) is 3.95. The largest absolute Gasteiger partial charge is 0.481 e. The molecule has 0 saturated heterocycles. The Morgan fingerprint density at radius 3 is 2.53 bits per heavy atom. The Morgan fingerprint density at radius 2 is 2.07 bits per heavy atom. The van der Waals surface area contributed by atoms with Gasteiger partial charge < -0.3 is 5.11 Å². The van der Waals surface area contributed by atoms with Crippen molar-refractivity contribution in [1.82, 2.24) is 0 Å². The van der Waals surface area contributed by atoms with Crippen molar-refractivity contribution in [3.05, 3.63) is 22.1 Å². The van der Waals surface area contributed by atoms with E-state index in [1.807, 2.05) is 0 Å². The zero-order valence-corrected chi connectivity index (χ0v) is 9.15. The van der Waals surface area contributed by atoms with E-state index in [2.05, 4.69) is 0 Å². The summed E-state index contributed by atoms with van der Waals surface area (Å²) in [5.74, 6) is -0.875. The maximum Gasteiger partial charge on any atom is 0.314 e. The molecule has 1 aromatic heterocycles. The predicted octanol–water partition coefficient (Wildman–Crippen LogP) is 3.17. The Morgan fingerprint density at radius 1 is 1.40 bits per heavy atom. The molecular weight excluding hydrogens is 215 g/mol. The molecule has 2 nitrogen and oxygen atoms in total. The molecule has 0 atom stereocenters. The van der Waals surface area contributed by atoms with Crippen molar-refractivity contribution in [2.45, 2.75) is 37.5 Å². The number of aliphatic carboxylic acids is 1. The number of carbonyl (C=O) groups is 1. The normalized spacial score (nSPS) is 20.1. The van der Waals surface area contributed by atoms with E-state index in [4.69, 9.17) is 0 Å². The summed E-state index contributed by atoms with van der Waals surface area (Å²) in [7, 11) is 0. The minimum absolute atomic E-state index is 0.334. The Kier molecular flexibility index (Phi) is 2.78. The lowest BCUT2D eigenvalue weighted by Crippen LogP contribution is -2.38. The molecule has 1 N–H and O–H groups in total. The van der Waals surface area contributed by atoms with Gasteiger partial charge in [0.25, 0.3) is 0 Å². The quantitative estimate of drug-likeness (QED) is 0.844. The Balaban J connectivity index is 2.42. The average Bonchev–Trinajstić information content (AvgIpc) is 2.66. The molecule has 0 amide bonds. The molecule has 1 saturated carbocycles. The maximum absolute atomic E-state index is 13.5. The van der Waals surface area contributed by atoms with E-state index in [-0.39, 0.29) is 5.13 Å². The highest BCUT2D eigenvalue weighted by molar-refractivity contribution is 7.08. The van der Waals surface area contributed by atoms with Gasteiger partial charge in [0.05, 0.1) is 5.41 Å². The average molecular weight is 228 g/mol. The van der Waals surface area contributed by atoms with Crippen molar-refractivity contribution in [3.63, 3.8) is 0 Å². The summed E-state index contributed by atoms with van der Waals surface area (Å²) in [6.45, 7) is 0. The molecule has 2 rings (SSSR count). The number of hydrogen-bond acceptors (Lipinski definition) is 2. The van der Waals surface area contributed by atoms with Gasteiger partial charge >= 0.3 is 5.97 Å². The van der Waals surface area contributed by atoms with Crippen molar-refractivity contribution in [2.75, 3.05) is 0 Å². The highest BCUT2D eigenvalue weighted by Crippen LogP contribution is 2.41. The number of hydrogen-bond donors (Lipinski definition) is 1. The van der Waals surface area contributed by atoms with E-state index in [9.17, 15) is 14.3 Å². The fourth-order valence-electron chi connectivity index (χ4n) is 2.39. The standard InChI is InChI=1S/C11H13FO2S/c12-9-8(4-7-15-9)11(10(13)14)5-2-1-3-6-11/h4,7H,1-3,5-6H2,(H,13,14). The third kappa shape index (κ3) is 1.67.